The zero-order valence-electron chi connectivity index (χ0n) is 18.2. The maximum atomic E-state index is 13.7. The number of benzene rings is 2. The van der Waals surface area contributed by atoms with E-state index in [0.29, 0.717) is 11.3 Å². The van der Waals surface area contributed by atoms with Crippen molar-refractivity contribution >= 4 is 11.4 Å². The van der Waals surface area contributed by atoms with Crippen LogP contribution in [0.5, 0.6) is 0 Å². The number of nitrogens with zero attached hydrogens (tertiary/aromatic N) is 3. The van der Waals surface area contributed by atoms with Gasteiger partial charge in [0.15, 0.2) is 0 Å². The van der Waals surface area contributed by atoms with Gasteiger partial charge in [0.2, 0.25) is 5.91 Å². The van der Waals surface area contributed by atoms with Crippen LogP contribution in [0.2, 0.25) is 0 Å². The van der Waals surface area contributed by atoms with E-state index in [-0.39, 0.29) is 29.6 Å². The zero-order valence-corrected chi connectivity index (χ0v) is 18.2. The van der Waals surface area contributed by atoms with Crippen LogP contribution < -0.4 is 10.9 Å². The second-order valence-corrected chi connectivity index (χ2v) is 8.01. The summed E-state index contributed by atoms with van der Waals surface area (Å²) < 4.78 is 16.3. The van der Waals surface area contributed by atoms with Gasteiger partial charge in [-0.2, -0.15) is 5.10 Å². The maximum absolute atomic E-state index is 13.7. The molecule has 8 heteroatoms. The Kier molecular flexibility index (Phi) is 6.65. The zero-order chi connectivity index (χ0) is 23.4. The number of carbonyl (C=O) groups is 1. The fourth-order valence-corrected chi connectivity index (χ4v) is 3.87. The van der Waals surface area contributed by atoms with Crippen LogP contribution in [-0.2, 0) is 24.4 Å². The molecule has 0 saturated heterocycles. The van der Waals surface area contributed by atoms with Gasteiger partial charge in [0, 0.05) is 29.6 Å². The first kappa shape index (κ1) is 22.4. The van der Waals surface area contributed by atoms with E-state index < -0.39 is 18.0 Å². The van der Waals surface area contributed by atoms with E-state index in [1.807, 2.05) is 37.3 Å². The second-order valence-electron chi connectivity index (χ2n) is 8.01. The summed E-state index contributed by atoms with van der Waals surface area (Å²) in [6, 6.07) is 15.8. The van der Waals surface area contributed by atoms with Gasteiger partial charge in [0.1, 0.15) is 17.9 Å². The minimum absolute atomic E-state index is 0.0558. The molecule has 0 aliphatic rings. The van der Waals surface area contributed by atoms with E-state index in [9.17, 15) is 19.1 Å². The molecule has 7 nitrogen and oxygen atoms in total. The van der Waals surface area contributed by atoms with E-state index in [0.717, 1.165) is 12.8 Å². The van der Waals surface area contributed by atoms with Crippen LogP contribution in [0.4, 0.5) is 4.39 Å². The van der Waals surface area contributed by atoms with E-state index >= 15 is 0 Å². The minimum atomic E-state index is -0.455. The monoisotopic (exact) mass is 448 g/mol. The molecule has 1 amide bonds. The molecule has 0 saturated carbocycles. The van der Waals surface area contributed by atoms with Crippen molar-refractivity contribution in [3.63, 3.8) is 0 Å². The summed E-state index contributed by atoms with van der Waals surface area (Å²) in [5.74, 6) is -0.721. The lowest BCUT2D eigenvalue weighted by Crippen LogP contribution is -2.37. The van der Waals surface area contributed by atoms with Crippen LogP contribution in [0.1, 0.15) is 24.5 Å². The van der Waals surface area contributed by atoms with Crippen molar-refractivity contribution in [1.82, 2.24) is 19.5 Å². The predicted molar refractivity (Wildman–Crippen MR) is 123 cm³/mol. The summed E-state index contributed by atoms with van der Waals surface area (Å²) in [7, 11) is 0. The summed E-state index contributed by atoms with van der Waals surface area (Å²) in [6.07, 6.45) is 4.64. The quantitative estimate of drug-likeness (QED) is 0.434. The smallest absolute Gasteiger partial charge is 0.277 e. The van der Waals surface area contributed by atoms with E-state index in [1.54, 1.807) is 12.3 Å². The number of hydrogen-bond donors (Lipinski definition) is 2. The summed E-state index contributed by atoms with van der Waals surface area (Å²) in [5.41, 5.74) is 1.97. The van der Waals surface area contributed by atoms with Gasteiger partial charge in [-0.3, -0.25) is 9.59 Å². The molecule has 0 spiro atoms. The molecule has 33 heavy (non-hydrogen) atoms. The van der Waals surface area contributed by atoms with Crippen molar-refractivity contribution < 1.29 is 14.3 Å². The van der Waals surface area contributed by atoms with Crippen LogP contribution in [0.25, 0.3) is 16.8 Å². The van der Waals surface area contributed by atoms with Crippen molar-refractivity contribution in [3.8, 4) is 11.3 Å². The number of amides is 1. The molecule has 2 aromatic carbocycles. The molecule has 0 fully saturated rings. The Morgan fingerprint density at radius 1 is 1.15 bits per heavy atom. The Labute approximate surface area is 190 Å². The molecule has 0 unspecified atom stereocenters. The maximum Gasteiger partial charge on any atom is 0.277 e. The lowest BCUT2D eigenvalue weighted by Gasteiger charge is -2.14. The Bertz CT molecular complexity index is 1330. The number of aromatic nitrogens is 3. The number of halogens is 1. The first-order valence-corrected chi connectivity index (χ1v) is 10.8. The molecule has 0 radical (unpaired) electrons. The van der Waals surface area contributed by atoms with Gasteiger partial charge in [0.05, 0.1) is 12.3 Å². The number of carbonyl (C=O) groups excluding carboxylic acids is 1. The highest BCUT2D eigenvalue weighted by Gasteiger charge is 2.19. The number of fused-ring (bicyclic) bond motifs is 1. The molecule has 170 valence electrons. The molecule has 0 bridgehead atoms. The van der Waals surface area contributed by atoms with Crippen molar-refractivity contribution in [2.75, 3.05) is 0 Å². The molecule has 4 aromatic rings. The van der Waals surface area contributed by atoms with E-state index in [4.69, 9.17) is 0 Å². The molecular formula is C25H25FN4O3. The van der Waals surface area contributed by atoms with Crippen molar-refractivity contribution in [1.29, 1.82) is 0 Å². The van der Waals surface area contributed by atoms with Crippen LogP contribution in [0.15, 0.2) is 71.8 Å². The largest absolute Gasteiger partial charge is 0.392 e. The average molecular weight is 448 g/mol. The van der Waals surface area contributed by atoms with Crippen LogP contribution >= 0.6 is 0 Å². The number of rotatable bonds is 8. The predicted octanol–water partition coefficient (Wildman–Crippen LogP) is 2.93. The normalized spacial score (nSPS) is 12.1. The third-order valence-electron chi connectivity index (χ3n) is 5.55. The van der Waals surface area contributed by atoms with Crippen LogP contribution in [0.3, 0.4) is 0 Å². The van der Waals surface area contributed by atoms with Gasteiger partial charge in [-0.15, -0.1) is 0 Å². The van der Waals surface area contributed by atoms with Crippen LogP contribution in [0, 0.1) is 5.82 Å². The SMILES string of the molecule is C[C@H](CCc1ccccc1)NC(=O)Cn1ccn2nc(-c3cccc(F)c3)c(CO)c2c1=O. The molecule has 0 aliphatic heterocycles. The molecule has 1 atom stereocenters. The number of aliphatic hydroxyl groups is 1. The summed E-state index contributed by atoms with van der Waals surface area (Å²) in [6.45, 7) is 1.33. The first-order valence-electron chi connectivity index (χ1n) is 10.8. The average Bonchev–Trinajstić information content (AvgIpc) is 3.20. The van der Waals surface area contributed by atoms with E-state index in [2.05, 4.69) is 10.4 Å². The first-order chi connectivity index (χ1) is 16.0. The van der Waals surface area contributed by atoms with Gasteiger partial charge in [0.25, 0.3) is 5.56 Å². The lowest BCUT2D eigenvalue weighted by molar-refractivity contribution is -0.122. The summed E-state index contributed by atoms with van der Waals surface area (Å²) in [5, 5.41) is 17.2. The third kappa shape index (κ3) is 5.01. The molecule has 4 rings (SSSR count). The molecule has 2 aromatic heterocycles. The Balaban J connectivity index is 1.52. The van der Waals surface area contributed by atoms with Crippen LogP contribution in [-0.4, -0.2) is 31.2 Å². The van der Waals surface area contributed by atoms with E-state index in [1.165, 1.54) is 39.0 Å². The Morgan fingerprint density at radius 3 is 2.67 bits per heavy atom. The highest BCUT2D eigenvalue weighted by molar-refractivity contribution is 5.76. The van der Waals surface area contributed by atoms with Gasteiger partial charge in [-0.25, -0.2) is 8.91 Å². The highest BCUT2D eigenvalue weighted by Crippen LogP contribution is 2.25. The van der Waals surface area contributed by atoms with Gasteiger partial charge in [-0.05, 0) is 37.5 Å². The van der Waals surface area contributed by atoms with Gasteiger partial charge >= 0.3 is 0 Å². The third-order valence-corrected chi connectivity index (χ3v) is 5.55. The highest BCUT2D eigenvalue weighted by atomic mass is 19.1. The fourth-order valence-electron chi connectivity index (χ4n) is 3.87. The van der Waals surface area contributed by atoms with Crippen molar-refractivity contribution in [3.05, 3.63) is 94.3 Å². The van der Waals surface area contributed by atoms with Gasteiger partial charge in [-0.1, -0.05) is 42.5 Å². The number of nitrogens with one attached hydrogen (secondary N) is 1. The minimum Gasteiger partial charge on any atom is -0.392 e. The molecule has 2 heterocycles. The Hall–Kier alpha value is -3.78. The van der Waals surface area contributed by atoms with Crippen molar-refractivity contribution in [2.45, 2.75) is 39.0 Å². The molecular weight excluding hydrogens is 423 g/mol. The molecule has 0 aliphatic carbocycles. The number of aryl methyl sites for hydroxylation is 1. The Morgan fingerprint density at radius 2 is 1.94 bits per heavy atom. The lowest BCUT2D eigenvalue weighted by atomic mass is 10.1. The fraction of sp³-hybridized carbons (Fsp3) is 0.240. The number of aliphatic hydroxyl groups excluding tert-OH is 1. The van der Waals surface area contributed by atoms with Crippen molar-refractivity contribution in [2.24, 2.45) is 0 Å². The topological polar surface area (TPSA) is 88.6 Å². The number of hydrogen-bond acceptors (Lipinski definition) is 4. The second kappa shape index (κ2) is 9.79. The standard InChI is InChI=1S/C25H25FN4O3/c1-17(10-11-18-6-3-2-4-7-18)27-22(32)15-29-12-13-30-24(25(29)33)21(16-31)23(28-30)19-8-5-9-20(26)14-19/h2-9,12-14,17,31H,10-11,15-16H2,1H3,(H,27,32)/t17-/m1/s1. The van der Waals surface area contributed by atoms with Gasteiger partial charge < -0.3 is 15.0 Å². The molecule has 2 N–H and O–H groups in total. The summed E-state index contributed by atoms with van der Waals surface area (Å²) in [4.78, 5) is 25.6. The summed E-state index contributed by atoms with van der Waals surface area (Å²) >= 11 is 0.